The third-order valence-corrected chi connectivity index (χ3v) is 11.7. The second kappa shape index (κ2) is 16.9. The molecule has 2 aromatic heterocycles. The van der Waals surface area contributed by atoms with Gasteiger partial charge >= 0.3 is 6.18 Å². The Kier molecular flexibility index (Phi) is 12.0. The number of rotatable bonds is 13. The Bertz CT molecular complexity index is 2050. The number of carbonyl (C=O) groups excluding carboxylic acids is 2. The van der Waals surface area contributed by atoms with Crippen LogP contribution in [0.4, 0.5) is 19.0 Å². The lowest BCUT2D eigenvalue weighted by Crippen LogP contribution is -2.46. The summed E-state index contributed by atoms with van der Waals surface area (Å²) in [5.74, 6) is 0.403. The van der Waals surface area contributed by atoms with Gasteiger partial charge in [-0.3, -0.25) is 14.6 Å². The fourth-order valence-corrected chi connectivity index (χ4v) is 8.72. The SMILES string of the molecule is COC1=C(CNC[C@H]2CCC(=O)N2)C=CC(c2ccncc2Cl)(c2cccc3c2CC[C@@H]3Nc2nc(OC)c(CNC3CCN(C(C)=O)CC3)cc2C(F)(F)F)N1. The number of piperidine rings is 1. The summed E-state index contributed by atoms with van der Waals surface area (Å²) in [7, 11) is 2.99. The molecule has 5 heterocycles. The second-order valence-electron chi connectivity index (χ2n) is 14.9. The van der Waals surface area contributed by atoms with Gasteiger partial charge in [0.05, 0.1) is 30.8 Å². The molecule has 1 aromatic carbocycles. The highest BCUT2D eigenvalue weighted by molar-refractivity contribution is 6.31. The number of pyridine rings is 2. The Morgan fingerprint density at radius 1 is 1.07 bits per heavy atom. The summed E-state index contributed by atoms with van der Waals surface area (Å²) in [6, 6.07) is 8.43. The van der Waals surface area contributed by atoms with Gasteiger partial charge in [0.15, 0.2) is 5.88 Å². The quantitative estimate of drug-likeness (QED) is 0.151. The van der Waals surface area contributed by atoms with E-state index in [0.29, 0.717) is 74.8 Å². The van der Waals surface area contributed by atoms with E-state index in [1.54, 1.807) is 24.4 Å². The summed E-state index contributed by atoms with van der Waals surface area (Å²) < 4.78 is 55.7. The van der Waals surface area contributed by atoms with E-state index in [1.807, 2.05) is 36.4 Å². The molecule has 2 fully saturated rings. The highest BCUT2D eigenvalue weighted by Gasteiger charge is 2.42. The molecule has 57 heavy (non-hydrogen) atoms. The zero-order valence-corrected chi connectivity index (χ0v) is 32.9. The first-order chi connectivity index (χ1) is 27.4. The third-order valence-electron chi connectivity index (χ3n) is 11.4. The molecule has 2 saturated heterocycles. The topological polar surface area (TPSA) is 142 Å². The molecule has 3 atom stereocenters. The number of dihydropyridines is 1. The highest BCUT2D eigenvalue weighted by atomic mass is 35.5. The van der Waals surface area contributed by atoms with Crippen molar-refractivity contribution >= 4 is 29.2 Å². The fraction of sp³-hybridized carbons (Fsp3) is 0.463. The molecule has 3 aromatic rings. The van der Waals surface area contributed by atoms with E-state index in [4.69, 9.17) is 21.1 Å². The van der Waals surface area contributed by atoms with Crippen LogP contribution in [-0.2, 0) is 39.0 Å². The van der Waals surface area contributed by atoms with Crippen molar-refractivity contribution in [2.24, 2.45) is 0 Å². The molecule has 5 N–H and O–H groups in total. The maximum atomic E-state index is 14.8. The van der Waals surface area contributed by atoms with Gasteiger partial charge in [-0.15, -0.1) is 0 Å². The molecule has 0 radical (unpaired) electrons. The van der Waals surface area contributed by atoms with Gasteiger partial charge in [0, 0.05) is 87.2 Å². The average Bonchev–Trinajstić information content (AvgIpc) is 3.82. The molecule has 0 bridgehead atoms. The van der Waals surface area contributed by atoms with Crippen LogP contribution in [0, 0.1) is 0 Å². The molecule has 2 amide bonds. The average molecular weight is 809 g/mol. The maximum Gasteiger partial charge on any atom is 0.419 e. The zero-order valence-electron chi connectivity index (χ0n) is 32.2. The molecule has 4 aliphatic rings. The molecule has 0 spiro atoms. The number of aromatic nitrogens is 2. The number of nitrogens with zero attached hydrogens (tertiary/aromatic N) is 3. The van der Waals surface area contributed by atoms with Crippen LogP contribution in [-0.4, -0.2) is 79.2 Å². The summed E-state index contributed by atoms with van der Waals surface area (Å²) >= 11 is 6.87. The van der Waals surface area contributed by atoms with Gasteiger partial charge in [-0.1, -0.05) is 35.9 Å². The Hall–Kier alpha value is -4.86. The lowest BCUT2D eigenvalue weighted by molar-refractivity contribution is -0.137. The zero-order chi connectivity index (χ0) is 40.3. The number of nitrogens with one attached hydrogen (secondary N) is 5. The first-order valence-corrected chi connectivity index (χ1v) is 19.7. The van der Waals surface area contributed by atoms with Gasteiger partial charge in [-0.2, -0.15) is 18.2 Å². The Morgan fingerprint density at radius 2 is 1.88 bits per heavy atom. The number of hydrogen-bond acceptors (Lipinski definition) is 10. The van der Waals surface area contributed by atoms with E-state index in [0.717, 1.165) is 40.3 Å². The smallest absolute Gasteiger partial charge is 0.419 e. The normalized spacial score (nSPS) is 22.3. The Labute approximate surface area is 335 Å². The number of anilines is 1. The second-order valence-corrected chi connectivity index (χ2v) is 15.3. The summed E-state index contributed by atoms with van der Waals surface area (Å²) in [5.41, 5.74) is 2.70. The van der Waals surface area contributed by atoms with Crippen molar-refractivity contribution in [2.75, 3.05) is 45.7 Å². The first-order valence-electron chi connectivity index (χ1n) is 19.3. The molecule has 0 saturated carbocycles. The van der Waals surface area contributed by atoms with Crippen molar-refractivity contribution < 1.29 is 32.2 Å². The van der Waals surface area contributed by atoms with Crippen molar-refractivity contribution in [1.29, 1.82) is 0 Å². The predicted molar refractivity (Wildman–Crippen MR) is 209 cm³/mol. The van der Waals surface area contributed by atoms with Crippen molar-refractivity contribution in [1.82, 2.24) is 36.1 Å². The molecular formula is C41H48ClF3N8O4. The van der Waals surface area contributed by atoms with E-state index in [-0.39, 0.29) is 42.1 Å². The Morgan fingerprint density at radius 3 is 2.56 bits per heavy atom. The predicted octanol–water partition coefficient (Wildman–Crippen LogP) is 5.49. The number of halogens is 4. The monoisotopic (exact) mass is 808 g/mol. The van der Waals surface area contributed by atoms with E-state index < -0.39 is 23.3 Å². The van der Waals surface area contributed by atoms with E-state index in [1.165, 1.54) is 14.0 Å². The third kappa shape index (κ3) is 8.56. The van der Waals surface area contributed by atoms with Gasteiger partial charge in [-0.05, 0) is 67.0 Å². The molecule has 12 nitrogen and oxygen atoms in total. The van der Waals surface area contributed by atoms with Gasteiger partial charge < -0.3 is 41.0 Å². The van der Waals surface area contributed by atoms with Crippen molar-refractivity contribution in [2.45, 2.75) is 81.8 Å². The molecular weight excluding hydrogens is 761 g/mol. The number of likely N-dealkylation sites (tertiary alicyclic amines) is 1. The molecule has 16 heteroatoms. The highest BCUT2D eigenvalue weighted by Crippen LogP contribution is 2.46. The van der Waals surface area contributed by atoms with Crippen LogP contribution in [0.15, 0.2) is 66.3 Å². The lowest BCUT2D eigenvalue weighted by Gasteiger charge is -2.39. The first kappa shape index (κ1) is 40.3. The van der Waals surface area contributed by atoms with Crippen LogP contribution >= 0.6 is 11.6 Å². The molecule has 1 unspecified atom stereocenters. The summed E-state index contributed by atoms with van der Waals surface area (Å²) in [5, 5.41) is 17.0. The molecule has 7 rings (SSSR count). The number of methoxy groups -OCH3 is 2. The minimum absolute atomic E-state index is 0.0162. The van der Waals surface area contributed by atoms with Crippen LogP contribution in [0.2, 0.25) is 5.02 Å². The number of amides is 2. The van der Waals surface area contributed by atoms with Gasteiger partial charge in [0.25, 0.3) is 0 Å². The summed E-state index contributed by atoms with van der Waals surface area (Å²) in [6.07, 6.45) is 6.39. The van der Waals surface area contributed by atoms with E-state index in [9.17, 15) is 22.8 Å². The number of ether oxygens (including phenoxy) is 2. The van der Waals surface area contributed by atoms with Gasteiger partial charge in [0.1, 0.15) is 11.4 Å². The molecule has 3 aliphatic heterocycles. The minimum Gasteiger partial charge on any atom is -0.482 e. The minimum atomic E-state index is -4.69. The summed E-state index contributed by atoms with van der Waals surface area (Å²) in [6.45, 7) is 3.95. The summed E-state index contributed by atoms with van der Waals surface area (Å²) in [4.78, 5) is 33.8. The van der Waals surface area contributed by atoms with Crippen LogP contribution in [0.25, 0.3) is 0 Å². The van der Waals surface area contributed by atoms with Crippen LogP contribution < -0.4 is 31.3 Å². The largest absolute Gasteiger partial charge is 0.482 e. The van der Waals surface area contributed by atoms with Crippen molar-refractivity contribution in [3.8, 4) is 5.88 Å². The van der Waals surface area contributed by atoms with Crippen LogP contribution in [0.3, 0.4) is 0 Å². The lowest BCUT2D eigenvalue weighted by atomic mass is 9.78. The van der Waals surface area contributed by atoms with E-state index >= 15 is 0 Å². The number of carbonyl (C=O) groups is 2. The molecule has 304 valence electrons. The van der Waals surface area contributed by atoms with Crippen molar-refractivity contribution in [3.05, 3.63) is 105 Å². The standard InChI is InChI=1S/C41H48ClF3N8O4/c1-24(54)53-17-13-27(14-18-53)48-21-26-19-33(41(43,44)45)37(51-38(26)56-2)50-35-9-8-29-30(35)5-4-6-31(29)40(32-12-16-46-23-34(32)42)15-11-25(39(52-40)57-3)20-47-22-28-7-10-36(55)49-28/h4-6,11-12,15-16,19,23,27-28,35,47-48,52H,7-10,13-14,17-18,20-22H2,1-3H3,(H,49,55)(H,50,51)/t28-,35+,40?/m1/s1. The fourth-order valence-electron chi connectivity index (χ4n) is 8.45. The van der Waals surface area contributed by atoms with Crippen LogP contribution in [0.5, 0.6) is 5.88 Å². The van der Waals surface area contributed by atoms with Gasteiger partial charge in [0.2, 0.25) is 17.7 Å². The maximum absolute atomic E-state index is 14.8. The van der Waals surface area contributed by atoms with Crippen LogP contribution in [0.1, 0.15) is 78.5 Å². The van der Waals surface area contributed by atoms with E-state index in [2.05, 4.69) is 36.6 Å². The number of benzene rings is 1. The Balaban J connectivity index is 1.16. The van der Waals surface area contributed by atoms with Crippen molar-refractivity contribution in [3.63, 3.8) is 0 Å². The van der Waals surface area contributed by atoms with Gasteiger partial charge in [-0.25, -0.2) is 0 Å². The number of alkyl halides is 3. The molecule has 1 aliphatic carbocycles. The number of fused-ring (bicyclic) bond motifs is 1. The number of hydrogen-bond donors (Lipinski definition) is 5.